The molecule has 0 saturated carbocycles. The Balaban J connectivity index is 1.23. The van der Waals surface area contributed by atoms with Crippen molar-refractivity contribution in [3.05, 3.63) is 127 Å². The lowest BCUT2D eigenvalue weighted by molar-refractivity contribution is 0.660. The lowest BCUT2D eigenvalue weighted by Crippen LogP contribution is -2.14. The fourth-order valence-electron chi connectivity index (χ4n) is 6.37. The summed E-state index contributed by atoms with van der Waals surface area (Å²) >= 11 is 1.82. The molecule has 2 heteroatoms. The summed E-state index contributed by atoms with van der Waals surface area (Å²) in [7, 11) is 0. The van der Waals surface area contributed by atoms with Gasteiger partial charge in [-0.05, 0) is 68.8 Å². The zero-order valence-electron chi connectivity index (χ0n) is 21.3. The van der Waals surface area contributed by atoms with Gasteiger partial charge in [-0.2, -0.15) is 0 Å². The first-order valence-electron chi connectivity index (χ1n) is 13.1. The maximum Gasteiger partial charge on any atom is 0.0715 e. The van der Waals surface area contributed by atoms with E-state index in [4.69, 9.17) is 4.98 Å². The molecule has 0 aliphatic heterocycles. The molecule has 0 saturated heterocycles. The Morgan fingerprint density at radius 3 is 2.16 bits per heavy atom. The third-order valence-corrected chi connectivity index (χ3v) is 9.43. The van der Waals surface area contributed by atoms with Crippen LogP contribution in [0.3, 0.4) is 0 Å². The first kappa shape index (κ1) is 21.8. The number of rotatable bonds is 2. The van der Waals surface area contributed by atoms with Crippen LogP contribution in [-0.2, 0) is 5.41 Å². The van der Waals surface area contributed by atoms with Crippen molar-refractivity contribution in [2.24, 2.45) is 0 Å². The average Bonchev–Trinajstić information content (AvgIpc) is 3.46. The normalized spacial score (nSPS) is 13.7. The molecule has 0 fully saturated rings. The predicted octanol–water partition coefficient (Wildman–Crippen LogP) is 10.2. The maximum absolute atomic E-state index is 4.86. The van der Waals surface area contributed by atoms with E-state index in [1.54, 1.807) is 0 Å². The van der Waals surface area contributed by atoms with Gasteiger partial charge in [0, 0.05) is 32.5 Å². The van der Waals surface area contributed by atoms with Gasteiger partial charge in [0.1, 0.15) is 0 Å². The third-order valence-electron chi connectivity index (χ3n) is 8.32. The van der Waals surface area contributed by atoms with Gasteiger partial charge in [0.05, 0.1) is 10.2 Å². The van der Waals surface area contributed by atoms with Crippen LogP contribution in [0, 0.1) is 0 Å². The fourth-order valence-corrected chi connectivity index (χ4v) is 7.46. The molecule has 0 atom stereocenters. The molecule has 1 aliphatic carbocycles. The summed E-state index contributed by atoms with van der Waals surface area (Å²) in [5.74, 6) is 0. The molecule has 7 aromatic rings. The zero-order valence-corrected chi connectivity index (χ0v) is 22.1. The first-order valence-corrected chi connectivity index (χ1v) is 13.9. The number of hydrogen-bond acceptors (Lipinski definition) is 2. The number of fused-ring (bicyclic) bond motifs is 8. The van der Waals surface area contributed by atoms with Crippen molar-refractivity contribution in [2.45, 2.75) is 19.3 Å². The van der Waals surface area contributed by atoms with Crippen LogP contribution in [0.1, 0.15) is 25.0 Å². The van der Waals surface area contributed by atoms with Crippen LogP contribution in [0.5, 0.6) is 0 Å². The zero-order chi connectivity index (χ0) is 25.4. The number of hydrogen-bond donors (Lipinski definition) is 0. The van der Waals surface area contributed by atoms with Crippen molar-refractivity contribution in [3.63, 3.8) is 0 Å². The van der Waals surface area contributed by atoms with Crippen LogP contribution in [-0.4, -0.2) is 4.98 Å². The Kier molecular flexibility index (Phi) is 4.51. The number of benzene rings is 5. The molecular formula is C36H25NS. The standard InChI is InChI=1S/C36H25NS/c1-36(2)30-12-5-3-10-26(30)29-19-24(15-17-31(29)36)22-8-7-9-23(18-22)25-14-16-27-32(20-25)37-21-34-35(27)28-11-4-6-13-33(28)38-34/h3-21H,1-2H3. The van der Waals surface area contributed by atoms with Crippen molar-refractivity contribution in [2.75, 3.05) is 0 Å². The molecule has 2 aromatic heterocycles. The van der Waals surface area contributed by atoms with Crippen LogP contribution in [0.15, 0.2) is 115 Å². The Morgan fingerprint density at radius 1 is 0.553 bits per heavy atom. The topological polar surface area (TPSA) is 12.9 Å². The van der Waals surface area contributed by atoms with Gasteiger partial charge in [-0.15, -0.1) is 11.3 Å². The third kappa shape index (κ3) is 3.07. The Morgan fingerprint density at radius 2 is 1.26 bits per heavy atom. The van der Waals surface area contributed by atoms with Gasteiger partial charge in [0.2, 0.25) is 0 Å². The van der Waals surface area contributed by atoms with Crippen LogP contribution in [0.2, 0.25) is 0 Å². The molecular weight excluding hydrogens is 478 g/mol. The molecule has 1 aliphatic rings. The van der Waals surface area contributed by atoms with Crippen molar-refractivity contribution >= 4 is 42.4 Å². The monoisotopic (exact) mass is 503 g/mol. The van der Waals surface area contributed by atoms with Gasteiger partial charge in [-0.1, -0.05) is 98.8 Å². The van der Waals surface area contributed by atoms with Crippen LogP contribution in [0.25, 0.3) is 64.5 Å². The van der Waals surface area contributed by atoms with E-state index >= 15 is 0 Å². The van der Waals surface area contributed by atoms with Crippen LogP contribution in [0.4, 0.5) is 0 Å². The minimum absolute atomic E-state index is 0.0313. The van der Waals surface area contributed by atoms with E-state index in [9.17, 15) is 0 Å². The van der Waals surface area contributed by atoms with E-state index in [-0.39, 0.29) is 5.41 Å². The lowest BCUT2D eigenvalue weighted by atomic mass is 9.82. The number of pyridine rings is 1. The van der Waals surface area contributed by atoms with E-state index in [2.05, 4.69) is 123 Å². The van der Waals surface area contributed by atoms with Crippen molar-refractivity contribution in [3.8, 4) is 33.4 Å². The minimum atomic E-state index is 0.0313. The molecule has 0 unspecified atom stereocenters. The molecule has 8 rings (SSSR count). The maximum atomic E-state index is 4.86. The van der Waals surface area contributed by atoms with Gasteiger partial charge >= 0.3 is 0 Å². The van der Waals surface area contributed by atoms with Crippen LogP contribution >= 0.6 is 11.3 Å². The Labute approximate surface area is 226 Å². The molecule has 0 radical (unpaired) electrons. The van der Waals surface area contributed by atoms with E-state index in [0.717, 1.165) is 5.52 Å². The van der Waals surface area contributed by atoms with E-state index in [1.807, 2.05) is 17.5 Å². The SMILES string of the molecule is CC1(C)c2ccccc2-c2cc(-c3cccc(-c4ccc5c(c4)ncc4sc6ccccc6c45)c3)ccc21. The second-order valence-corrected chi connectivity index (χ2v) is 11.9. The molecule has 0 bridgehead atoms. The van der Waals surface area contributed by atoms with Crippen molar-refractivity contribution in [1.82, 2.24) is 4.98 Å². The highest BCUT2D eigenvalue weighted by molar-refractivity contribution is 7.26. The lowest BCUT2D eigenvalue weighted by Gasteiger charge is -2.21. The van der Waals surface area contributed by atoms with Gasteiger partial charge in [0.25, 0.3) is 0 Å². The highest BCUT2D eigenvalue weighted by atomic mass is 32.1. The molecule has 5 aromatic carbocycles. The molecule has 180 valence electrons. The highest BCUT2D eigenvalue weighted by Crippen LogP contribution is 2.49. The number of thiophene rings is 1. The minimum Gasteiger partial charge on any atom is -0.255 e. The summed E-state index contributed by atoms with van der Waals surface area (Å²) in [5.41, 5.74) is 11.5. The first-order chi connectivity index (χ1) is 18.6. The quantitative estimate of drug-likeness (QED) is 0.229. The van der Waals surface area contributed by atoms with E-state index < -0.39 is 0 Å². The van der Waals surface area contributed by atoms with Gasteiger partial charge in [-0.3, -0.25) is 4.98 Å². The molecule has 0 amide bonds. The van der Waals surface area contributed by atoms with E-state index in [1.165, 1.54) is 70.1 Å². The fraction of sp³-hybridized carbons (Fsp3) is 0.0833. The summed E-state index contributed by atoms with van der Waals surface area (Å²) in [6.45, 7) is 4.66. The second kappa shape index (κ2) is 7.86. The van der Waals surface area contributed by atoms with Gasteiger partial charge < -0.3 is 0 Å². The Bertz CT molecular complexity index is 2060. The summed E-state index contributed by atoms with van der Waals surface area (Å²) < 4.78 is 2.56. The second-order valence-electron chi connectivity index (χ2n) is 10.8. The van der Waals surface area contributed by atoms with Crippen molar-refractivity contribution < 1.29 is 0 Å². The smallest absolute Gasteiger partial charge is 0.0715 e. The van der Waals surface area contributed by atoms with Crippen molar-refractivity contribution in [1.29, 1.82) is 0 Å². The molecule has 0 spiro atoms. The van der Waals surface area contributed by atoms with Gasteiger partial charge in [0.15, 0.2) is 0 Å². The summed E-state index contributed by atoms with van der Waals surface area (Å²) in [6.07, 6.45) is 2.03. The Hall–Kier alpha value is -4.27. The predicted molar refractivity (Wildman–Crippen MR) is 163 cm³/mol. The number of aromatic nitrogens is 1. The molecule has 1 nitrogen and oxygen atoms in total. The van der Waals surface area contributed by atoms with E-state index in [0.29, 0.717) is 0 Å². The molecule has 0 N–H and O–H groups in total. The largest absolute Gasteiger partial charge is 0.255 e. The summed E-state index contributed by atoms with van der Waals surface area (Å²) in [6, 6.07) is 40.1. The van der Waals surface area contributed by atoms with Crippen LogP contribution < -0.4 is 0 Å². The van der Waals surface area contributed by atoms with Gasteiger partial charge in [-0.25, -0.2) is 0 Å². The average molecular weight is 504 g/mol. The molecule has 38 heavy (non-hydrogen) atoms. The summed E-state index contributed by atoms with van der Waals surface area (Å²) in [4.78, 5) is 4.86. The summed E-state index contributed by atoms with van der Waals surface area (Å²) in [5, 5.41) is 3.85. The highest BCUT2D eigenvalue weighted by Gasteiger charge is 2.35. The number of nitrogens with zero attached hydrogens (tertiary/aromatic N) is 1. The molecule has 2 heterocycles.